The van der Waals surface area contributed by atoms with E-state index in [9.17, 15) is 8.42 Å². The summed E-state index contributed by atoms with van der Waals surface area (Å²) in [5.41, 5.74) is 6.47. The molecule has 2 rings (SSSR count). The molecule has 0 amide bonds. The molecule has 0 aliphatic heterocycles. The Morgan fingerprint density at radius 1 is 1.00 bits per heavy atom. The molecular formula is C15H16ClNO2S. The summed E-state index contributed by atoms with van der Waals surface area (Å²) < 4.78 is 25.1. The van der Waals surface area contributed by atoms with Crippen molar-refractivity contribution in [2.75, 3.05) is 6.54 Å². The standard InChI is InChI=1S/C15H16ClNO2S/c16-15-9-5-4-6-12(15)10-14(11-17)20(18,19)13-7-2-1-3-8-13/h1-9,14H,10-11,17H2. The van der Waals surface area contributed by atoms with E-state index in [1.165, 1.54) is 0 Å². The molecule has 2 aromatic rings. The van der Waals surface area contributed by atoms with E-state index >= 15 is 0 Å². The Morgan fingerprint density at radius 2 is 1.60 bits per heavy atom. The Balaban J connectivity index is 2.32. The minimum Gasteiger partial charge on any atom is -0.329 e. The maximum Gasteiger partial charge on any atom is 0.182 e. The second-order valence-corrected chi connectivity index (χ2v) is 7.15. The molecule has 1 unspecified atom stereocenters. The summed E-state index contributed by atoms with van der Waals surface area (Å²) in [4.78, 5) is 0.294. The normalized spacial score (nSPS) is 13.1. The van der Waals surface area contributed by atoms with Gasteiger partial charge in [0.05, 0.1) is 10.1 Å². The fraction of sp³-hybridized carbons (Fsp3) is 0.200. The number of sulfone groups is 1. The fourth-order valence-corrected chi connectivity index (χ4v) is 3.82. The third-order valence-corrected chi connectivity index (χ3v) is 5.71. The first-order valence-corrected chi connectivity index (χ1v) is 8.20. The summed E-state index contributed by atoms with van der Waals surface area (Å²) in [6.07, 6.45) is 0.313. The number of nitrogens with two attached hydrogens (primary N) is 1. The van der Waals surface area contributed by atoms with Gasteiger partial charge in [0.2, 0.25) is 0 Å². The smallest absolute Gasteiger partial charge is 0.182 e. The van der Waals surface area contributed by atoms with E-state index in [0.29, 0.717) is 16.3 Å². The lowest BCUT2D eigenvalue weighted by Crippen LogP contribution is -2.32. The Bertz CT molecular complexity index is 671. The number of hydrogen-bond acceptors (Lipinski definition) is 3. The first-order valence-electron chi connectivity index (χ1n) is 6.28. The maximum absolute atomic E-state index is 12.6. The van der Waals surface area contributed by atoms with Gasteiger partial charge in [0.1, 0.15) is 0 Å². The second kappa shape index (κ2) is 6.39. The van der Waals surface area contributed by atoms with Gasteiger partial charge in [-0.15, -0.1) is 0 Å². The molecule has 0 fully saturated rings. The molecule has 2 N–H and O–H groups in total. The lowest BCUT2D eigenvalue weighted by atomic mass is 10.1. The Kier molecular flexibility index (Phi) is 4.81. The molecule has 0 saturated heterocycles. The van der Waals surface area contributed by atoms with Crippen LogP contribution in [0.25, 0.3) is 0 Å². The van der Waals surface area contributed by atoms with Crippen LogP contribution in [0.3, 0.4) is 0 Å². The Labute approximate surface area is 124 Å². The molecule has 0 aromatic heterocycles. The second-order valence-electron chi connectivity index (χ2n) is 4.51. The number of halogens is 1. The minimum absolute atomic E-state index is 0.0580. The van der Waals surface area contributed by atoms with E-state index in [1.807, 2.05) is 18.2 Å². The maximum atomic E-state index is 12.6. The molecule has 106 valence electrons. The van der Waals surface area contributed by atoms with Gasteiger partial charge in [-0.1, -0.05) is 48.0 Å². The molecule has 3 nitrogen and oxygen atoms in total. The molecular weight excluding hydrogens is 294 g/mol. The van der Waals surface area contributed by atoms with Gasteiger partial charge in [-0.05, 0) is 30.2 Å². The van der Waals surface area contributed by atoms with Gasteiger partial charge in [0.25, 0.3) is 0 Å². The monoisotopic (exact) mass is 309 g/mol. The van der Waals surface area contributed by atoms with Crippen molar-refractivity contribution in [3.05, 3.63) is 65.2 Å². The van der Waals surface area contributed by atoms with Crippen LogP contribution in [-0.4, -0.2) is 20.2 Å². The summed E-state index contributed by atoms with van der Waals surface area (Å²) in [6, 6.07) is 15.6. The van der Waals surface area contributed by atoms with Gasteiger partial charge >= 0.3 is 0 Å². The number of hydrogen-bond donors (Lipinski definition) is 1. The first kappa shape index (κ1) is 15.0. The summed E-state index contributed by atoms with van der Waals surface area (Å²) in [7, 11) is -3.45. The van der Waals surface area contributed by atoms with Crippen LogP contribution in [0.4, 0.5) is 0 Å². The van der Waals surface area contributed by atoms with Gasteiger partial charge in [0.15, 0.2) is 9.84 Å². The molecule has 0 aliphatic carbocycles. The molecule has 0 spiro atoms. The predicted molar refractivity (Wildman–Crippen MR) is 81.6 cm³/mol. The highest BCUT2D eigenvalue weighted by Crippen LogP contribution is 2.22. The van der Waals surface area contributed by atoms with Crippen LogP contribution in [-0.2, 0) is 16.3 Å². The highest BCUT2D eigenvalue weighted by atomic mass is 35.5. The summed E-state index contributed by atoms with van der Waals surface area (Å²) >= 11 is 6.09. The zero-order valence-corrected chi connectivity index (χ0v) is 12.4. The summed E-state index contributed by atoms with van der Waals surface area (Å²) in [6.45, 7) is 0.0580. The van der Waals surface area contributed by atoms with Crippen molar-refractivity contribution in [3.63, 3.8) is 0 Å². The summed E-state index contributed by atoms with van der Waals surface area (Å²) in [5.74, 6) is 0. The van der Waals surface area contributed by atoms with Crippen molar-refractivity contribution in [1.82, 2.24) is 0 Å². The lowest BCUT2D eigenvalue weighted by Gasteiger charge is -2.16. The molecule has 2 aromatic carbocycles. The highest BCUT2D eigenvalue weighted by molar-refractivity contribution is 7.92. The average Bonchev–Trinajstić information content (AvgIpc) is 2.47. The number of rotatable bonds is 5. The van der Waals surface area contributed by atoms with Crippen molar-refractivity contribution in [2.24, 2.45) is 5.73 Å². The van der Waals surface area contributed by atoms with Gasteiger partial charge in [-0.2, -0.15) is 0 Å². The van der Waals surface area contributed by atoms with Gasteiger partial charge < -0.3 is 5.73 Å². The topological polar surface area (TPSA) is 60.2 Å². The Hall–Kier alpha value is -1.36. The van der Waals surface area contributed by atoms with E-state index in [0.717, 1.165) is 5.56 Å². The summed E-state index contributed by atoms with van der Waals surface area (Å²) in [5, 5.41) is -0.112. The van der Waals surface area contributed by atoms with Crippen LogP contribution in [0.1, 0.15) is 5.56 Å². The van der Waals surface area contributed by atoms with Crippen LogP contribution in [0.5, 0.6) is 0 Å². The molecule has 0 saturated carbocycles. The molecule has 0 aliphatic rings. The van der Waals surface area contributed by atoms with E-state index in [2.05, 4.69) is 0 Å². The number of benzene rings is 2. The van der Waals surface area contributed by atoms with E-state index < -0.39 is 15.1 Å². The quantitative estimate of drug-likeness (QED) is 0.923. The molecule has 1 atom stereocenters. The molecule has 20 heavy (non-hydrogen) atoms. The Morgan fingerprint density at radius 3 is 2.20 bits per heavy atom. The van der Waals surface area contributed by atoms with Crippen LogP contribution in [0.15, 0.2) is 59.5 Å². The van der Waals surface area contributed by atoms with Gasteiger partial charge in [-0.3, -0.25) is 0 Å². The molecule has 5 heteroatoms. The van der Waals surface area contributed by atoms with E-state index in [4.69, 9.17) is 17.3 Å². The third-order valence-electron chi connectivity index (χ3n) is 3.18. The highest BCUT2D eigenvalue weighted by Gasteiger charge is 2.26. The van der Waals surface area contributed by atoms with Gasteiger partial charge in [0, 0.05) is 11.6 Å². The largest absolute Gasteiger partial charge is 0.329 e. The zero-order chi connectivity index (χ0) is 14.6. The van der Waals surface area contributed by atoms with Crippen LogP contribution in [0, 0.1) is 0 Å². The van der Waals surface area contributed by atoms with Crippen molar-refractivity contribution in [2.45, 2.75) is 16.6 Å². The average molecular weight is 310 g/mol. The van der Waals surface area contributed by atoms with E-state index in [1.54, 1.807) is 36.4 Å². The third kappa shape index (κ3) is 3.20. The molecule has 0 radical (unpaired) electrons. The van der Waals surface area contributed by atoms with Crippen molar-refractivity contribution in [3.8, 4) is 0 Å². The van der Waals surface area contributed by atoms with Crippen LogP contribution in [0.2, 0.25) is 5.02 Å². The minimum atomic E-state index is -3.45. The van der Waals surface area contributed by atoms with Gasteiger partial charge in [-0.25, -0.2) is 8.42 Å². The first-order chi connectivity index (χ1) is 9.55. The van der Waals surface area contributed by atoms with E-state index in [-0.39, 0.29) is 6.54 Å². The van der Waals surface area contributed by atoms with Crippen molar-refractivity contribution >= 4 is 21.4 Å². The predicted octanol–water partition coefficient (Wildman–Crippen LogP) is 2.68. The fourth-order valence-electron chi connectivity index (χ4n) is 2.03. The lowest BCUT2D eigenvalue weighted by molar-refractivity contribution is 0.578. The zero-order valence-electron chi connectivity index (χ0n) is 10.9. The van der Waals surface area contributed by atoms with Crippen molar-refractivity contribution < 1.29 is 8.42 Å². The molecule has 0 bridgehead atoms. The molecule has 0 heterocycles. The van der Waals surface area contributed by atoms with Crippen LogP contribution >= 0.6 is 11.6 Å². The SMILES string of the molecule is NCC(Cc1ccccc1Cl)S(=O)(=O)c1ccccc1. The van der Waals surface area contributed by atoms with Crippen LogP contribution < -0.4 is 5.73 Å². The van der Waals surface area contributed by atoms with Crippen molar-refractivity contribution in [1.29, 1.82) is 0 Å².